The van der Waals surface area contributed by atoms with Crippen molar-refractivity contribution in [1.82, 2.24) is 10.6 Å². The van der Waals surface area contributed by atoms with Crippen molar-refractivity contribution in [2.24, 2.45) is 0 Å². The van der Waals surface area contributed by atoms with Crippen LogP contribution in [-0.2, 0) is 0 Å². The second-order valence-electron chi connectivity index (χ2n) is 3.37. The number of nitrogens with zero attached hydrogens (tertiary/aromatic N) is 1. The number of nitro groups is 1. The number of nitro benzene ring substituents is 1. The number of carbonyl (C=O) groups is 1. The van der Waals surface area contributed by atoms with E-state index >= 15 is 0 Å². The van der Waals surface area contributed by atoms with Gasteiger partial charge < -0.3 is 10.6 Å². The van der Waals surface area contributed by atoms with Crippen molar-refractivity contribution in [3.05, 3.63) is 38.9 Å². The lowest BCUT2D eigenvalue weighted by Gasteiger charge is -2.10. The third kappa shape index (κ3) is 1.92. The van der Waals surface area contributed by atoms with Crippen LogP contribution in [0.3, 0.4) is 0 Å². The third-order valence-corrected chi connectivity index (χ3v) is 2.68. The van der Waals surface area contributed by atoms with E-state index in [9.17, 15) is 14.9 Å². The van der Waals surface area contributed by atoms with Crippen molar-refractivity contribution in [2.75, 3.05) is 6.54 Å². The van der Waals surface area contributed by atoms with Gasteiger partial charge in [-0.2, -0.15) is 0 Å². The molecule has 1 aliphatic heterocycles. The highest BCUT2D eigenvalue weighted by Gasteiger charge is 2.25. The van der Waals surface area contributed by atoms with Gasteiger partial charge in [0.15, 0.2) is 0 Å². The molecule has 2 amide bonds. The van der Waals surface area contributed by atoms with Gasteiger partial charge in [0.1, 0.15) is 0 Å². The normalized spacial score (nSPS) is 19.1. The molecular weight excluding hydrogens is 234 g/mol. The minimum Gasteiger partial charge on any atom is -0.336 e. The summed E-state index contributed by atoms with van der Waals surface area (Å²) in [6, 6.07) is 3.54. The lowest BCUT2D eigenvalue weighted by atomic mass is 10.1. The van der Waals surface area contributed by atoms with E-state index in [2.05, 4.69) is 10.6 Å². The van der Waals surface area contributed by atoms with E-state index in [4.69, 9.17) is 11.6 Å². The van der Waals surface area contributed by atoms with Crippen molar-refractivity contribution < 1.29 is 9.72 Å². The predicted molar refractivity (Wildman–Crippen MR) is 57.4 cm³/mol. The SMILES string of the molecule is O=C1NC[C@H](c2cc([N+](=O)[O-])ccc2Cl)N1. The molecule has 0 radical (unpaired) electrons. The first-order chi connectivity index (χ1) is 7.58. The number of halogens is 1. The van der Waals surface area contributed by atoms with E-state index < -0.39 is 4.92 Å². The van der Waals surface area contributed by atoms with E-state index in [1.54, 1.807) is 0 Å². The maximum absolute atomic E-state index is 11.0. The molecule has 0 spiro atoms. The molecule has 1 fully saturated rings. The highest BCUT2D eigenvalue weighted by Crippen LogP contribution is 2.28. The molecule has 7 heteroatoms. The molecule has 1 atom stereocenters. The van der Waals surface area contributed by atoms with Gasteiger partial charge in [-0.25, -0.2) is 4.79 Å². The maximum Gasteiger partial charge on any atom is 0.315 e. The second kappa shape index (κ2) is 3.97. The second-order valence-corrected chi connectivity index (χ2v) is 3.78. The zero-order valence-corrected chi connectivity index (χ0v) is 8.82. The van der Waals surface area contributed by atoms with Gasteiger partial charge in [-0.15, -0.1) is 0 Å². The summed E-state index contributed by atoms with van der Waals surface area (Å²) in [5, 5.41) is 16.2. The topological polar surface area (TPSA) is 84.3 Å². The van der Waals surface area contributed by atoms with Crippen molar-refractivity contribution in [1.29, 1.82) is 0 Å². The van der Waals surface area contributed by atoms with Crippen molar-refractivity contribution in [2.45, 2.75) is 6.04 Å². The summed E-state index contributed by atoms with van der Waals surface area (Å²) >= 11 is 5.93. The number of hydrogen-bond donors (Lipinski definition) is 2. The van der Waals surface area contributed by atoms with Crippen LogP contribution < -0.4 is 10.6 Å². The standard InChI is InChI=1S/C9H8ClN3O3/c10-7-2-1-5(13(15)16)3-6(7)8-4-11-9(14)12-8/h1-3,8H,4H2,(H2,11,12,14)/t8-/m1/s1. The Morgan fingerprint density at radius 1 is 1.50 bits per heavy atom. The van der Waals surface area contributed by atoms with Crippen LogP contribution in [0.15, 0.2) is 18.2 Å². The minimum atomic E-state index is -0.496. The summed E-state index contributed by atoms with van der Waals surface area (Å²) in [5.74, 6) is 0. The number of non-ortho nitro benzene ring substituents is 1. The molecule has 1 heterocycles. The van der Waals surface area contributed by atoms with Crippen LogP contribution in [0.4, 0.5) is 10.5 Å². The molecule has 6 nitrogen and oxygen atoms in total. The number of urea groups is 1. The Bertz CT molecular complexity index is 463. The largest absolute Gasteiger partial charge is 0.336 e. The van der Waals surface area contributed by atoms with Crippen molar-refractivity contribution in [3.8, 4) is 0 Å². The van der Waals surface area contributed by atoms with Gasteiger partial charge in [0.05, 0.1) is 11.0 Å². The van der Waals surface area contributed by atoms with E-state index in [-0.39, 0.29) is 17.8 Å². The van der Waals surface area contributed by atoms with Gasteiger partial charge in [0, 0.05) is 29.3 Å². The average molecular weight is 242 g/mol. The predicted octanol–water partition coefficient (Wildman–Crippen LogP) is 1.60. The Kier molecular flexibility index (Phi) is 2.66. The Balaban J connectivity index is 2.35. The summed E-state index contributed by atoms with van der Waals surface area (Å²) in [6.45, 7) is 0.375. The lowest BCUT2D eigenvalue weighted by molar-refractivity contribution is -0.384. The van der Waals surface area contributed by atoms with Crippen LogP contribution in [0.25, 0.3) is 0 Å². The molecule has 16 heavy (non-hydrogen) atoms. The number of nitrogens with one attached hydrogen (secondary N) is 2. The quantitative estimate of drug-likeness (QED) is 0.609. The molecule has 1 aromatic carbocycles. The van der Waals surface area contributed by atoms with Gasteiger partial charge in [0.25, 0.3) is 5.69 Å². The van der Waals surface area contributed by atoms with Crippen LogP contribution in [0.1, 0.15) is 11.6 Å². The zero-order valence-electron chi connectivity index (χ0n) is 8.07. The van der Waals surface area contributed by atoms with Gasteiger partial charge in [-0.3, -0.25) is 10.1 Å². The van der Waals surface area contributed by atoms with E-state index in [0.717, 1.165) is 0 Å². The number of benzene rings is 1. The lowest BCUT2D eigenvalue weighted by Crippen LogP contribution is -2.21. The number of carbonyl (C=O) groups excluding carboxylic acids is 1. The monoisotopic (exact) mass is 241 g/mol. The van der Waals surface area contributed by atoms with E-state index in [1.165, 1.54) is 18.2 Å². The summed E-state index contributed by atoms with van der Waals surface area (Å²) in [4.78, 5) is 21.1. The molecule has 1 saturated heterocycles. The smallest absolute Gasteiger partial charge is 0.315 e. The number of amides is 2. The highest BCUT2D eigenvalue weighted by molar-refractivity contribution is 6.31. The van der Waals surface area contributed by atoms with E-state index in [1.807, 2.05) is 0 Å². The molecular formula is C9H8ClN3O3. The van der Waals surface area contributed by atoms with Crippen molar-refractivity contribution >= 4 is 23.3 Å². The Morgan fingerprint density at radius 3 is 2.81 bits per heavy atom. The third-order valence-electron chi connectivity index (χ3n) is 2.34. The van der Waals surface area contributed by atoms with Crippen LogP contribution in [0.2, 0.25) is 5.02 Å². The Hall–Kier alpha value is -1.82. The molecule has 0 unspecified atom stereocenters. The molecule has 0 aliphatic carbocycles. The summed E-state index contributed by atoms with van der Waals surface area (Å²) in [5.41, 5.74) is 0.509. The maximum atomic E-state index is 11.0. The van der Waals surface area contributed by atoms with Crippen LogP contribution >= 0.6 is 11.6 Å². The first-order valence-electron chi connectivity index (χ1n) is 4.56. The minimum absolute atomic E-state index is 0.0412. The van der Waals surface area contributed by atoms with Gasteiger partial charge in [-0.1, -0.05) is 11.6 Å². The first kappa shape index (κ1) is 10.7. The van der Waals surface area contributed by atoms with Gasteiger partial charge >= 0.3 is 6.03 Å². The fourth-order valence-corrected chi connectivity index (χ4v) is 1.80. The fraction of sp³-hybridized carbons (Fsp3) is 0.222. The molecule has 0 aromatic heterocycles. The molecule has 2 rings (SSSR count). The number of hydrogen-bond acceptors (Lipinski definition) is 3. The summed E-state index contributed by atoms with van der Waals surface area (Å²) in [6.07, 6.45) is 0. The van der Waals surface area contributed by atoms with Crippen LogP contribution in [0, 0.1) is 10.1 Å². The molecule has 1 aliphatic rings. The Labute approximate surface area is 95.7 Å². The Morgan fingerprint density at radius 2 is 2.25 bits per heavy atom. The highest BCUT2D eigenvalue weighted by atomic mass is 35.5. The fourth-order valence-electron chi connectivity index (χ4n) is 1.55. The molecule has 0 bridgehead atoms. The van der Waals surface area contributed by atoms with Gasteiger partial charge in [-0.05, 0) is 6.07 Å². The van der Waals surface area contributed by atoms with Crippen molar-refractivity contribution in [3.63, 3.8) is 0 Å². The van der Waals surface area contributed by atoms with Gasteiger partial charge in [0.2, 0.25) is 0 Å². The molecule has 1 aromatic rings. The average Bonchev–Trinajstić information content (AvgIpc) is 2.65. The number of rotatable bonds is 2. The molecule has 84 valence electrons. The molecule has 2 N–H and O–H groups in total. The zero-order chi connectivity index (χ0) is 11.7. The van der Waals surface area contributed by atoms with Crippen LogP contribution in [0.5, 0.6) is 0 Å². The molecule has 0 saturated carbocycles. The van der Waals surface area contributed by atoms with Crippen LogP contribution in [-0.4, -0.2) is 17.5 Å². The summed E-state index contributed by atoms with van der Waals surface area (Å²) < 4.78 is 0. The first-order valence-corrected chi connectivity index (χ1v) is 4.94. The summed E-state index contributed by atoms with van der Waals surface area (Å²) in [7, 11) is 0. The van der Waals surface area contributed by atoms with E-state index in [0.29, 0.717) is 17.1 Å².